The van der Waals surface area contributed by atoms with Crippen LogP contribution in [-0.2, 0) is 16.0 Å². The van der Waals surface area contributed by atoms with E-state index in [1.807, 2.05) is 18.2 Å². The van der Waals surface area contributed by atoms with Crippen molar-refractivity contribution in [1.82, 2.24) is 0 Å². The van der Waals surface area contributed by atoms with Crippen LogP contribution in [0.1, 0.15) is 30.9 Å². The lowest BCUT2D eigenvalue weighted by molar-refractivity contribution is -0.114. The van der Waals surface area contributed by atoms with Crippen molar-refractivity contribution in [3.63, 3.8) is 0 Å². The zero-order chi connectivity index (χ0) is 22.0. The molecule has 0 aromatic heterocycles. The maximum atomic E-state index is 12.0. The van der Waals surface area contributed by atoms with Gasteiger partial charge < -0.3 is 9.80 Å². The van der Waals surface area contributed by atoms with Crippen molar-refractivity contribution in [1.29, 1.82) is 0 Å². The van der Waals surface area contributed by atoms with Crippen LogP contribution < -0.4 is 20.4 Å². The maximum absolute atomic E-state index is 12.0. The van der Waals surface area contributed by atoms with Gasteiger partial charge in [0, 0.05) is 42.8 Å². The quantitative estimate of drug-likeness (QED) is 0.559. The predicted octanol–water partition coefficient (Wildman–Crippen LogP) is 2.70. The molecule has 1 fully saturated rings. The van der Waals surface area contributed by atoms with E-state index in [0.717, 1.165) is 54.4 Å². The van der Waals surface area contributed by atoms with E-state index in [0.29, 0.717) is 11.4 Å². The topological polar surface area (TPSA) is 53.0 Å². The van der Waals surface area contributed by atoms with Crippen molar-refractivity contribution in [2.75, 3.05) is 29.9 Å². The number of aryl methyl sites for hydroxylation is 1. The molecular formula is C26H27N3O2. The molecule has 0 radical (unpaired) electrons. The normalized spacial score (nSPS) is 16.1. The Morgan fingerprint density at radius 2 is 2.00 bits per heavy atom. The van der Waals surface area contributed by atoms with E-state index in [2.05, 4.69) is 59.6 Å². The Morgan fingerprint density at radius 3 is 2.68 bits per heavy atom. The van der Waals surface area contributed by atoms with Crippen LogP contribution in [0.15, 0.2) is 53.5 Å². The van der Waals surface area contributed by atoms with Gasteiger partial charge in [0.25, 0.3) is 5.91 Å². The van der Waals surface area contributed by atoms with Crippen LogP contribution in [0.3, 0.4) is 0 Å². The molecule has 2 aromatic rings. The molecule has 0 aliphatic carbocycles. The van der Waals surface area contributed by atoms with E-state index in [-0.39, 0.29) is 5.57 Å². The lowest BCUT2D eigenvalue weighted by Crippen LogP contribution is -2.44. The van der Waals surface area contributed by atoms with Crippen LogP contribution in [0, 0.1) is 0 Å². The van der Waals surface area contributed by atoms with Gasteiger partial charge in [0.1, 0.15) is 11.5 Å². The number of piperidine rings is 1. The number of anilines is 2. The summed E-state index contributed by atoms with van der Waals surface area (Å²) in [7, 11) is 2.16. The minimum atomic E-state index is -0.506. The lowest BCUT2D eigenvalue weighted by atomic mass is 9.99. The summed E-state index contributed by atoms with van der Waals surface area (Å²) in [6.07, 6.45) is 6.40. The maximum Gasteiger partial charge on any atom is 0.288 e. The van der Waals surface area contributed by atoms with E-state index >= 15 is 0 Å². The highest BCUT2D eigenvalue weighted by Gasteiger charge is 2.24. The van der Waals surface area contributed by atoms with Gasteiger partial charge in [0.2, 0.25) is 0 Å². The first-order valence-electron chi connectivity index (χ1n) is 10.8. The van der Waals surface area contributed by atoms with Gasteiger partial charge in [-0.15, -0.1) is 0 Å². The fourth-order valence-corrected chi connectivity index (χ4v) is 4.54. The van der Waals surface area contributed by atoms with E-state index < -0.39 is 5.91 Å². The van der Waals surface area contributed by atoms with E-state index in [1.54, 1.807) is 12.0 Å². The van der Waals surface area contributed by atoms with Gasteiger partial charge in [-0.2, -0.15) is 0 Å². The highest BCUT2D eigenvalue weighted by Crippen LogP contribution is 2.28. The number of nitrogens with zero attached hydrogens (tertiary/aromatic N) is 3. The van der Waals surface area contributed by atoms with Crippen LogP contribution in [-0.4, -0.2) is 38.0 Å². The van der Waals surface area contributed by atoms with Crippen molar-refractivity contribution < 1.29 is 9.59 Å². The first-order valence-corrected chi connectivity index (χ1v) is 10.8. The molecule has 1 saturated heterocycles. The number of carbonyl (C=O) groups is 1. The van der Waals surface area contributed by atoms with Crippen molar-refractivity contribution >= 4 is 35.4 Å². The molecule has 5 nitrogen and oxygen atoms in total. The summed E-state index contributed by atoms with van der Waals surface area (Å²) in [5, 5.41) is 1.51. The molecule has 1 amide bonds. The summed E-state index contributed by atoms with van der Waals surface area (Å²) in [5.41, 5.74) is 4.51. The second-order valence-electron chi connectivity index (χ2n) is 8.07. The molecule has 2 aromatic carbocycles. The van der Waals surface area contributed by atoms with Gasteiger partial charge in [-0.1, -0.05) is 37.8 Å². The Hall–Kier alpha value is -3.43. The Bertz CT molecular complexity index is 1200. The second-order valence-corrected chi connectivity index (χ2v) is 8.07. The number of carbonyl (C=O) groups excluding carboxylic acids is 2. The summed E-state index contributed by atoms with van der Waals surface area (Å²) in [5.74, 6) is 1.21. The van der Waals surface area contributed by atoms with Gasteiger partial charge in [0.15, 0.2) is 0 Å². The largest absolute Gasteiger partial charge is 0.371 e. The van der Waals surface area contributed by atoms with Crippen molar-refractivity contribution in [2.45, 2.75) is 32.2 Å². The molecule has 5 heteroatoms. The van der Waals surface area contributed by atoms with E-state index in [9.17, 15) is 9.59 Å². The number of para-hydroxylation sites is 1. The highest BCUT2D eigenvalue weighted by molar-refractivity contribution is 6.09. The van der Waals surface area contributed by atoms with Crippen molar-refractivity contribution in [3.8, 4) is 0 Å². The Balaban J connectivity index is 1.57. The average molecular weight is 414 g/mol. The van der Waals surface area contributed by atoms with E-state index in [1.165, 1.54) is 5.69 Å². The van der Waals surface area contributed by atoms with Gasteiger partial charge in [-0.25, -0.2) is 9.79 Å². The Morgan fingerprint density at radius 1 is 1.26 bits per heavy atom. The zero-order valence-electron chi connectivity index (χ0n) is 18.1. The van der Waals surface area contributed by atoms with Gasteiger partial charge >= 0.3 is 0 Å². The number of rotatable bonds is 5. The van der Waals surface area contributed by atoms with Crippen molar-refractivity contribution in [2.24, 2.45) is 4.99 Å². The van der Waals surface area contributed by atoms with Gasteiger partial charge in [0.05, 0.1) is 5.36 Å². The summed E-state index contributed by atoms with van der Waals surface area (Å²) >= 11 is 0. The molecule has 0 spiro atoms. The van der Waals surface area contributed by atoms with Gasteiger partial charge in [-0.3, -0.25) is 4.79 Å². The second kappa shape index (κ2) is 8.75. The number of benzene rings is 2. The number of hydrogen-bond acceptors (Lipinski definition) is 4. The molecule has 2 aliphatic rings. The minimum absolute atomic E-state index is 0.00656. The Labute approximate surface area is 182 Å². The molecule has 0 atom stereocenters. The molecule has 4 rings (SSSR count). The third-order valence-electron chi connectivity index (χ3n) is 6.35. The monoisotopic (exact) mass is 413 g/mol. The molecule has 0 bridgehead atoms. The smallest absolute Gasteiger partial charge is 0.288 e. The fraction of sp³-hybridized carbons (Fsp3) is 0.308. The summed E-state index contributed by atoms with van der Waals surface area (Å²) < 4.78 is 0. The number of fused-ring (bicyclic) bond motifs is 1. The molecular weight excluding hydrogens is 386 g/mol. The van der Waals surface area contributed by atoms with Crippen LogP contribution in [0.4, 0.5) is 11.4 Å². The SMILES string of the molecule is C=Cc1ccccc1N(C)C1CCN(c2cc(CC)c3c(c2)=CC(=C=O)C(=O)N=3)CC1. The van der Waals surface area contributed by atoms with E-state index in [4.69, 9.17) is 0 Å². The van der Waals surface area contributed by atoms with Crippen LogP contribution >= 0.6 is 0 Å². The minimum Gasteiger partial charge on any atom is -0.371 e. The summed E-state index contributed by atoms with van der Waals surface area (Å²) in [6, 6.07) is 13.0. The molecule has 2 heterocycles. The fourth-order valence-electron chi connectivity index (χ4n) is 4.54. The molecule has 31 heavy (non-hydrogen) atoms. The summed E-state index contributed by atoms with van der Waals surface area (Å²) in [6.45, 7) is 7.89. The predicted molar refractivity (Wildman–Crippen MR) is 125 cm³/mol. The third kappa shape index (κ3) is 3.97. The molecule has 0 unspecified atom stereocenters. The highest BCUT2D eigenvalue weighted by atomic mass is 16.2. The third-order valence-corrected chi connectivity index (χ3v) is 6.35. The molecule has 0 N–H and O–H groups in total. The molecule has 158 valence electrons. The number of amides is 1. The standard InChI is InChI=1S/C26H27N3O2/c1-4-18-8-6-7-9-24(18)28(3)22-10-12-29(13-11-22)23-15-19(5-2)25-20(16-23)14-21(17-30)26(31)27-25/h4,6-9,14-16,22H,1,5,10-13H2,2-3H3. The lowest BCUT2D eigenvalue weighted by Gasteiger charge is -2.39. The Kier molecular flexibility index (Phi) is 5.88. The van der Waals surface area contributed by atoms with Gasteiger partial charge in [-0.05, 0) is 54.7 Å². The first-order chi connectivity index (χ1) is 15.0. The molecule has 2 aliphatic heterocycles. The van der Waals surface area contributed by atoms with Crippen LogP contribution in [0.2, 0.25) is 0 Å². The zero-order valence-corrected chi connectivity index (χ0v) is 18.1. The number of hydrogen-bond donors (Lipinski definition) is 0. The first kappa shape index (κ1) is 20.8. The van der Waals surface area contributed by atoms with Crippen molar-refractivity contribution in [3.05, 3.63) is 70.3 Å². The van der Waals surface area contributed by atoms with Crippen LogP contribution in [0.25, 0.3) is 12.2 Å². The summed E-state index contributed by atoms with van der Waals surface area (Å²) in [4.78, 5) is 32.0. The molecule has 0 saturated carbocycles. The van der Waals surface area contributed by atoms with Crippen LogP contribution in [0.5, 0.6) is 0 Å². The average Bonchev–Trinajstić information content (AvgIpc) is 2.82.